The number of aromatic nitrogens is 2. The maximum absolute atomic E-state index is 11.7. The van der Waals surface area contributed by atoms with Gasteiger partial charge in [-0.2, -0.15) is 5.26 Å². The summed E-state index contributed by atoms with van der Waals surface area (Å²) in [5.41, 5.74) is 2.40. The smallest absolute Gasteiger partial charge is 0.317 e. The van der Waals surface area contributed by atoms with E-state index in [1.54, 1.807) is 18.2 Å². The topological polar surface area (TPSA) is 115 Å². The second kappa shape index (κ2) is 7.32. The van der Waals surface area contributed by atoms with E-state index >= 15 is 0 Å². The van der Waals surface area contributed by atoms with Crippen molar-refractivity contribution in [3.63, 3.8) is 0 Å². The normalized spacial score (nSPS) is 11.4. The fraction of sp³-hybridized carbons (Fsp3) is 0.0476. The van der Waals surface area contributed by atoms with Crippen LogP contribution in [-0.2, 0) is 4.84 Å². The number of allylic oxidation sites excluding steroid dienone is 1. The van der Waals surface area contributed by atoms with Gasteiger partial charge in [0.15, 0.2) is 7.11 Å². The Bertz CT molecular complexity index is 1260. The molecule has 0 spiro atoms. The van der Waals surface area contributed by atoms with Crippen molar-refractivity contribution in [2.75, 3.05) is 7.11 Å². The number of imidazole rings is 1. The van der Waals surface area contributed by atoms with Gasteiger partial charge in [0.25, 0.3) is 4.92 Å². The quantitative estimate of drug-likeness (QED) is 0.383. The molecule has 0 aliphatic heterocycles. The lowest BCUT2D eigenvalue weighted by molar-refractivity contribution is -0.736. The molecule has 29 heavy (non-hydrogen) atoms. The van der Waals surface area contributed by atoms with Crippen LogP contribution in [0.5, 0.6) is 5.75 Å². The van der Waals surface area contributed by atoms with Crippen LogP contribution in [0.3, 0.4) is 0 Å². The molecule has 8 heteroatoms. The zero-order valence-corrected chi connectivity index (χ0v) is 15.3. The Labute approximate surface area is 164 Å². The molecule has 0 aliphatic carbocycles. The van der Waals surface area contributed by atoms with Gasteiger partial charge in [-0.3, -0.25) is 0 Å². The van der Waals surface area contributed by atoms with Gasteiger partial charge < -0.3 is 14.5 Å². The van der Waals surface area contributed by atoms with Gasteiger partial charge in [-0.1, -0.05) is 12.1 Å². The lowest BCUT2D eigenvalue weighted by Gasteiger charge is -2.00. The van der Waals surface area contributed by atoms with E-state index in [1.807, 2.05) is 24.3 Å². The Hall–Kier alpha value is -4.38. The number of nitrogens with one attached hydrogen (secondary N) is 1. The Morgan fingerprint density at radius 3 is 2.86 bits per heavy atom. The fourth-order valence-electron chi connectivity index (χ4n) is 2.89. The molecule has 0 unspecified atom stereocenters. The number of benzene rings is 2. The first-order valence-electron chi connectivity index (χ1n) is 8.60. The molecule has 4 rings (SSSR count). The number of nitrogens with zero attached hydrogens (tertiary/aromatic N) is 3. The molecule has 2 heterocycles. The van der Waals surface area contributed by atoms with Gasteiger partial charge in [0.2, 0.25) is 0 Å². The molecule has 0 aliphatic rings. The summed E-state index contributed by atoms with van der Waals surface area (Å²) in [5, 5.41) is 19.7. The highest BCUT2D eigenvalue weighted by molar-refractivity contribution is 5.89. The molecule has 2 aromatic heterocycles. The largest absolute Gasteiger partial charge is 0.507 e. The molecule has 0 fully saturated rings. The summed E-state index contributed by atoms with van der Waals surface area (Å²) in [6.07, 6.45) is 1.55. The molecule has 0 atom stereocenters. The van der Waals surface area contributed by atoms with Gasteiger partial charge >= 0.3 is 5.69 Å². The molecule has 0 saturated heterocycles. The van der Waals surface area contributed by atoms with E-state index in [1.165, 1.54) is 25.3 Å². The van der Waals surface area contributed by atoms with Crippen LogP contribution in [0.25, 0.3) is 34.0 Å². The third-order valence-corrected chi connectivity index (χ3v) is 4.30. The maximum Gasteiger partial charge on any atom is 0.317 e. The van der Waals surface area contributed by atoms with E-state index in [0.29, 0.717) is 33.4 Å². The summed E-state index contributed by atoms with van der Waals surface area (Å²) in [5.74, 6) is 1.11. The Morgan fingerprint density at radius 1 is 1.28 bits per heavy atom. The van der Waals surface area contributed by atoms with Crippen LogP contribution in [0.4, 0.5) is 5.69 Å². The lowest BCUT2D eigenvalue weighted by atomic mass is 10.1. The molecule has 0 amide bonds. The van der Waals surface area contributed by atoms with Crippen molar-refractivity contribution >= 4 is 28.4 Å². The highest BCUT2D eigenvalue weighted by Crippen LogP contribution is 2.34. The van der Waals surface area contributed by atoms with Crippen molar-refractivity contribution in [1.82, 2.24) is 9.97 Å². The van der Waals surface area contributed by atoms with Gasteiger partial charge in [0, 0.05) is 18.2 Å². The van der Waals surface area contributed by atoms with E-state index in [0.717, 1.165) is 11.0 Å². The van der Waals surface area contributed by atoms with Crippen molar-refractivity contribution in [1.29, 1.82) is 5.26 Å². The predicted octanol–water partition coefficient (Wildman–Crippen LogP) is 4.56. The van der Waals surface area contributed by atoms with Gasteiger partial charge in [-0.15, -0.1) is 0 Å². The first-order valence-corrected chi connectivity index (χ1v) is 8.60. The van der Waals surface area contributed by atoms with Gasteiger partial charge in [-0.05, 0) is 30.3 Å². The van der Waals surface area contributed by atoms with Crippen LogP contribution in [0.1, 0.15) is 11.6 Å². The van der Waals surface area contributed by atoms with Crippen LogP contribution >= 0.6 is 0 Å². The van der Waals surface area contributed by atoms with Crippen LogP contribution < -0.4 is 0 Å². The zero-order chi connectivity index (χ0) is 20.4. The monoisotopic (exact) mass is 387 g/mol. The van der Waals surface area contributed by atoms with Crippen molar-refractivity contribution in [3.05, 3.63) is 71.1 Å². The second-order valence-corrected chi connectivity index (χ2v) is 6.12. The van der Waals surface area contributed by atoms with Crippen molar-refractivity contribution in [2.24, 2.45) is 0 Å². The minimum Gasteiger partial charge on any atom is -0.507 e. The molecule has 2 aromatic carbocycles. The molecule has 4 aromatic rings. The molecule has 0 saturated carbocycles. The van der Waals surface area contributed by atoms with Crippen LogP contribution in [0.15, 0.2) is 59.0 Å². The number of hydrogen-bond donors (Lipinski definition) is 2. The zero-order valence-electron chi connectivity index (χ0n) is 15.3. The average Bonchev–Trinajstić information content (AvgIpc) is 3.38. The Morgan fingerprint density at radius 2 is 2.10 bits per heavy atom. The summed E-state index contributed by atoms with van der Waals surface area (Å²) in [6.45, 7) is 0. The molecule has 8 nitrogen and oxygen atoms in total. The average molecular weight is 387 g/mol. The number of hydrogen-bond acceptors (Lipinski definition) is 6. The third kappa shape index (κ3) is 3.44. The van der Waals surface area contributed by atoms with E-state index in [-0.39, 0.29) is 11.4 Å². The summed E-state index contributed by atoms with van der Waals surface area (Å²) in [6, 6.07) is 17.1. The molecule has 142 valence electrons. The van der Waals surface area contributed by atoms with E-state index < -0.39 is 0 Å². The summed E-state index contributed by atoms with van der Waals surface area (Å²) in [7, 11) is 1.25. The molecular formula is C21H15N4O4+. The number of nitriles is 1. The van der Waals surface area contributed by atoms with Gasteiger partial charge in [0.05, 0.1) is 27.1 Å². The number of phenols is 1. The van der Waals surface area contributed by atoms with Crippen molar-refractivity contribution in [3.8, 4) is 23.1 Å². The number of furan rings is 1. The first kappa shape index (κ1) is 18.0. The summed E-state index contributed by atoms with van der Waals surface area (Å²) in [4.78, 5) is 24.1. The SMILES string of the molecule is CO[N+](=O)c1ccc(O)c(-c2ccc(C=C(C#N)c3nc4ccccc4[nH]3)o2)c1. The third-order valence-electron chi connectivity index (χ3n) is 4.30. The number of aromatic hydroxyl groups is 1. The van der Waals surface area contributed by atoms with Gasteiger partial charge in [-0.25, -0.2) is 9.82 Å². The highest BCUT2D eigenvalue weighted by atomic mass is 16.8. The molecule has 2 N–H and O–H groups in total. The van der Waals surface area contributed by atoms with Gasteiger partial charge in [0.1, 0.15) is 29.2 Å². The Balaban J connectivity index is 1.70. The highest BCUT2D eigenvalue weighted by Gasteiger charge is 2.19. The van der Waals surface area contributed by atoms with Crippen LogP contribution in [-0.4, -0.2) is 27.1 Å². The standard InChI is InChI=1S/C21H14N4O4/c1-28-25(27)14-6-8-19(26)16(11-14)20-9-7-15(29-20)10-13(12-22)21-23-17-4-2-3-5-18(17)24-21/h2-11H,1H3,(H-,23,24,26,27)/p+1. The Kier molecular flexibility index (Phi) is 4.55. The summed E-state index contributed by atoms with van der Waals surface area (Å²) >= 11 is 0. The number of para-hydroxylation sites is 2. The molecular weight excluding hydrogens is 372 g/mol. The minimum absolute atomic E-state index is 0.0547. The second-order valence-electron chi connectivity index (χ2n) is 6.12. The van der Waals surface area contributed by atoms with E-state index in [2.05, 4.69) is 20.9 Å². The molecule has 0 radical (unpaired) electrons. The number of H-pyrrole nitrogens is 1. The summed E-state index contributed by atoms with van der Waals surface area (Å²) < 4.78 is 5.76. The lowest BCUT2D eigenvalue weighted by Crippen LogP contribution is -1.97. The van der Waals surface area contributed by atoms with Crippen LogP contribution in [0, 0.1) is 16.2 Å². The van der Waals surface area contributed by atoms with E-state index in [9.17, 15) is 15.3 Å². The van der Waals surface area contributed by atoms with Crippen LogP contribution in [0.2, 0.25) is 0 Å². The van der Waals surface area contributed by atoms with Crippen molar-refractivity contribution < 1.29 is 19.3 Å². The molecule has 0 bridgehead atoms. The number of fused-ring (bicyclic) bond motifs is 1. The fourth-order valence-corrected chi connectivity index (χ4v) is 2.89. The number of rotatable bonds is 5. The van der Waals surface area contributed by atoms with Crippen molar-refractivity contribution in [2.45, 2.75) is 0 Å². The number of aromatic amines is 1. The number of phenolic OH excluding ortho intramolecular Hbond substituents is 1. The predicted molar refractivity (Wildman–Crippen MR) is 106 cm³/mol. The first-order chi connectivity index (χ1) is 14.1. The van der Waals surface area contributed by atoms with E-state index in [4.69, 9.17) is 4.42 Å². The minimum atomic E-state index is -0.0547. The maximum atomic E-state index is 11.7.